The molecule has 19 heavy (non-hydrogen) atoms. The summed E-state index contributed by atoms with van der Waals surface area (Å²) >= 11 is 0. The summed E-state index contributed by atoms with van der Waals surface area (Å²) in [6.07, 6.45) is 1.63. The molecule has 2 aliphatic heterocycles. The summed E-state index contributed by atoms with van der Waals surface area (Å²) in [5, 5.41) is 11.6. The third-order valence-electron chi connectivity index (χ3n) is 3.85. The fourth-order valence-corrected chi connectivity index (χ4v) is 2.82. The number of hydrogen-bond donors (Lipinski definition) is 3. The summed E-state index contributed by atoms with van der Waals surface area (Å²) in [7, 11) is 0. The van der Waals surface area contributed by atoms with E-state index in [9.17, 15) is 14.4 Å². The van der Waals surface area contributed by atoms with Crippen molar-refractivity contribution in [1.82, 2.24) is 10.2 Å². The van der Waals surface area contributed by atoms with Crippen LogP contribution < -0.4 is 11.1 Å². The highest BCUT2D eigenvalue weighted by Crippen LogP contribution is 2.25. The van der Waals surface area contributed by atoms with Crippen LogP contribution >= 0.6 is 0 Å². The normalized spacial score (nSPS) is 28.3. The number of nitrogens with two attached hydrogens (primary N) is 1. The molecule has 2 amide bonds. The molecule has 2 fully saturated rings. The molecule has 3 atom stereocenters. The molecule has 2 heterocycles. The molecule has 7 nitrogen and oxygen atoms in total. The van der Waals surface area contributed by atoms with Crippen molar-refractivity contribution < 1.29 is 19.5 Å². The molecule has 0 saturated carbocycles. The van der Waals surface area contributed by atoms with Crippen LogP contribution in [0.25, 0.3) is 0 Å². The number of carboxylic acids is 1. The van der Waals surface area contributed by atoms with Crippen molar-refractivity contribution in [3.05, 3.63) is 0 Å². The van der Waals surface area contributed by atoms with Gasteiger partial charge in [0.2, 0.25) is 11.8 Å². The summed E-state index contributed by atoms with van der Waals surface area (Å²) in [5.41, 5.74) is 5.60. The number of nitrogens with one attached hydrogen (secondary N) is 1. The number of carbonyl (C=O) groups excluding carboxylic acids is 2. The minimum Gasteiger partial charge on any atom is -0.481 e. The maximum Gasteiger partial charge on any atom is 0.305 e. The molecular weight excluding hydrogens is 250 g/mol. The van der Waals surface area contributed by atoms with Crippen LogP contribution in [0.2, 0.25) is 0 Å². The van der Waals surface area contributed by atoms with Crippen LogP contribution in [0.3, 0.4) is 0 Å². The second-order valence-corrected chi connectivity index (χ2v) is 5.25. The van der Waals surface area contributed by atoms with E-state index in [2.05, 4.69) is 5.32 Å². The van der Waals surface area contributed by atoms with E-state index in [1.807, 2.05) is 0 Å². The Morgan fingerprint density at radius 1 is 1.47 bits per heavy atom. The van der Waals surface area contributed by atoms with Crippen molar-refractivity contribution in [2.75, 3.05) is 13.1 Å². The third kappa shape index (κ3) is 3.23. The Balaban J connectivity index is 1.91. The lowest BCUT2D eigenvalue weighted by molar-refractivity contribution is -0.143. The Bertz CT molecular complexity index is 398. The topological polar surface area (TPSA) is 113 Å². The van der Waals surface area contributed by atoms with Gasteiger partial charge in [0, 0.05) is 25.6 Å². The van der Waals surface area contributed by atoms with Crippen LogP contribution in [-0.2, 0) is 14.4 Å². The minimum absolute atomic E-state index is 0.0728. The van der Waals surface area contributed by atoms with Crippen molar-refractivity contribution in [3.63, 3.8) is 0 Å². The molecular formula is C12H19N3O4. The first-order valence-electron chi connectivity index (χ1n) is 6.53. The predicted octanol–water partition coefficient (Wildman–Crippen LogP) is -1.08. The molecule has 0 aliphatic carbocycles. The van der Waals surface area contributed by atoms with Crippen molar-refractivity contribution in [2.24, 2.45) is 11.7 Å². The largest absolute Gasteiger partial charge is 0.481 e. The molecule has 2 aliphatic rings. The Labute approximate surface area is 111 Å². The SMILES string of the molecule is NC(CC(=O)O)C(=O)N1CCC2NC(=O)CCC2C1. The highest BCUT2D eigenvalue weighted by molar-refractivity contribution is 5.86. The van der Waals surface area contributed by atoms with E-state index in [0.717, 1.165) is 6.42 Å². The number of nitrogens with zero attached hydrogens (tertiary/aromatic N) is 1. The van der Waals surface area contributed by atoms with E-state index in [0.29, 0.717) is 25.9 Å². The van der Waals surface area contributed by atoms with E-state index >= 15 is 0 Å². The first-order chi connectivity index (χ1) is 8.97. The Morgan fingerprint density at radius 3 is 2.89 bits per heavy atom. The van der Waals surface area contributed by atoms with Gasteiger partial charge in [-0.2, -0.15) is 0 Å². The number of aliphatic carboxylic acids is 1. The van der Waals surface area contributed by atoms with Gasteiger partial charge in [0.1, 0.15) is 0 Å². The van der Waals surface area contributed by atoms with Gasteiger partial charge in [0.05, 0.1) is 12.5 Å². The fraction of sp³-hybridized carbons (Fsp3) is 0.750. The Hall–Kier alpha value is -1.63. The predicted molar refractivity (Wildman–Crippen MR) is 66.1 cm³/mol. The van der Waals surface area contributed by atoms with Crippen molar-refractivity contribution >= 4 is 17.8 Å². The summed E-state index contributed by atoms with van der Waals surface area (Å²) in [5.74, 6) is -1.05. The zero-order valence-corrected chi connectivity index (χ0v) is 10.7. The van der Waals surface area contributed by atoms with Crippen LogP contribution in [0.1, 0.15) is 25.7 Å². The lowest BCUT2D eigenvalue weighted by Gasteiger charge is -2.42. The number of amides is 2. The quantitative estimate of drug-likeness (QED) is 0.603. The van der Waals surface area contributed by atoms with E-state index < -0.39 is 12.0 Å². The van der Waals surface area contributed by atoms with E-state index in [4.69, 9.17) is 10.8 Å². The van der Waals surface area contributed by atoms with Gasteiger partial charge in [-0.1, -0.05) is 0 Å². The molecule has 7 heteroatoms. The molecule has 2 rings (SSSR count). The van der Waals surface area contributed by atoms with Gasteiger partial charge in [-0.15, -0.1) is 0 Å². The van der Waals surface area contributed by atoms with Crippen molar-refractivity contribution in [3.8, 4) is 0 Å². The van der Waals surface area contributed by atoms with E-state index in [1.165, 1.54) is 0 Å². The number of likely N-dealkylation sites (tertiary alicyclic amines) is 1. The number of carboxylic acid groups (broad SMARTS) is 1. The molecule has 0 bridgehead atoms. The Morgan fingerprint density at radius 2 is 2.21 bits per heavy atom. The fourth-order valence-electron chi connectivity index (χ4n) is 2.82. The average Bonchev–Trinajstić information content (AvgIpc) is 2.36. The Kier molecular flexibility index (Phi) is 4.04. The van der Waals surface area contributed by atoms with Crippen LogP contribution in [-0.4, -0.2) is 53.0 Å². The zero-order valence-electron chi connectivity index (χ0n) is 10.7. The second kappa shape index (κ2) is 5.56. The van der Waals surface area contributed by atoms with Gasteiger partial charge < -0.3 is 21.1 Å². The summed E-state index contributed by atoms with van der Waals surface area (Å²) in [4.78, 5) is 35.5. The standard InChI is InChI=1S/C12H19N3O4/c13-8(5-11(17)18)12(19)15-4-3-9-7(6-15)1-2-10(16)14-9/h7-9H,1-6,13H2,(H,14,16)(H,17,18). The van der Waals surface area contributed by atoms with Gasteiger partial charge >= 0.3 is 5.97 Å². The number of piperidine rings is 2. The van der Waals surface area contributed by atoms with Crippen LogP contribution in [0.4, 0.5) is 0 Å². The van der Waals surface area contributed by atoms with Gasteiger partial charge in [0.25, 0.3) is 0 Å². The van der Waals surface area contributed by atoms with Crippen molar-refractivity contribution in [1.29, 1.82) is 0 Å². The maximum absolute atomic E-state index is 12.0. The molecule has 3 unspecified atom stereocenters. The molecule has 0 aromatic carbocycles. The minimum atomic E-state index is -1.07. The summed E-state index contributed by atoms with van der Waals surface area (Å²) in [6.45, 7) is 1.07. The van der Waals surface area contributed by atoms with Crippen LogP contribution in [0, 0.1) is 5.92 Å². The summed E-state index contributed by atoms with van der Waals surface area (Å²) in [6, 6.07) is -0.840. The monoisotopic (exact) mass is 269 g/mol. The van der Waals surface area contributed by atoms with Crippen LogP contribution in [0.5, 0.6) is 0 Å². The van der Waals surface area contributed by atoms with Gasteiger partial charge in [-0.3, -0.25) is 14.4 Å². The first-order valence-corrected chi connectivity index (χ1v) is 6.53. The van der Waals surface area contributed by atoms with Gasteiger partial charge in [-0.05, 0) is 18.8 Å². The molecule has 0 aromatic heterocycles. The maximum atomic E-state index is 12.0. The molecule has 0 spiro atoms. The smallest absolute Gasteiger partial charge is 0.305 e. The van der Waals surface area contributed by atoms with E-state index in [-0.39, 0.29) is 30.2 Å². The van der Waals surface area contributed by atoms with Crippen molar-refractivity contribution in [2.45, 2.75) is 37.8 Å². The summed E-state index contributed by atoms with van der Waals surface area (Å²) < 4.78 is 0. The molecule has 0 aromatic rings. The molecule has 0 radical (unpaired) electrons. The number of fused-ring (bicyclic) bond motifs is 1. The molecule has 106 valence electrons. The number of rotatable bonds is 3. The van der Waals surface area contributed by atoms with Gasteiger partial charge in [-0.25, -0.2) is 0 Å². The lowest BCUT2D eigenvalue weighted by Crippen LogP contribution is -2.57. The second-order valence-electron chi connectivity index (χ2n) is 5.25. The zero-order chi connectivity index (χ0) is 14.0. The highest BCUT2D eigenvalue weighted by atomic mass is 16.4. The lowest BCUT2D eigenvalue weighted by atomic mass is 9.85. The highest BCUT2D eigenvalue weighted by Gasteiger charge is 2.36. The third-order valence-corrected chi connectivity index (χ3v) is 3.85. The molecule has 2 saturated heterocycles. The average molecular weight is 269 g/mol. The van der Waals surface area contributed by atoms with E-state index in [1.54, 1.807) is 4.90 Å². The van der Waals surface area contributed by atoms with Crippen LogP contribution in [0.15, 0.2) is 0 Å². The number of hydrogen-bond acceptors (Lipinski definition) is 4. The van der Waals surface area contributed by atoms with Gasteiger partial charge in [0.15, 0.2) is 0 Å². The molecule has 4 N–H and O–H groups in total. The first kappa shape index (κ1) is 13.8. The number of carbonyl (C=O) groups is 3.